The first kappa shape index (κ1) is 23.9. The molecule has 1 fully saturated rings. The van der Waals surface area contributed by atoms with Crippen molar-refractivity contribution in [3.05, 3.63) is 71.6 Å². The fourth-order valence-electron chi connectivity index (χ4n) is 3.60. The van der Waals surface area contributed by atoms with Crippen LogP contribution in [0.4, 0.5) is 13.2 Å². The van der Waals surface area contributed by atoms with Gasteiger partial charge in [0, 0.05) is 31.7 Å². The smallest absolute Gasteiger partial charge is 0.412 e. The summed E-state index contributed by atoms with van der Waals surface area (Å²) in [5.41, 5.74) is -0.787. The van der Waals surface area contributed by atoms with Crippen LogP contribution in [0.2, 0.25) is 0 Å². The molecule has 1 saturated heterocycles. The van der Waals surface area contributed by atoms with E-state index in [1.807, 2.05) is 6.07 Å². The molecule has 0 radical (unpaired) electrons. The molecule has 35 heavy (non-hydrogen) atoms. The molecule has 12 heteroatoms. The number of carbonyl (C=O) groups is 3. The van der Waals surface area contributed by atoms with Crippen molar-refractivity contribution in [2.75, 3.05) is 32.7 Å². The number of benzene rings is 2. The topological polar surface area (TPSA) is 109 Å². The Morgan fingerprint density at radius 2 is 1.51 bits per heavy atom. The van der Waals surface area contributed by atoms with Crippen LogP contribution in [0.15, 0.2) is 59.0 Å². The van der Waals surface area contributed by atoms with Gasteiger partial charge in [-0.2, -0.15) is 13.2 Å². The highest BCUT2D eigenvalue weighted by Crippen LogP contribution is 2.32. The second kappa shape index (κ2) is 9.95. The monoisotopic (exact) mass is 487 g/mol. The number of amides is 3. The average Bonchev–Trinajstić information content (AvgIpc) is 3.37. The Balaban J connectivity index is 1.29. The van der Waals surface area contributed by atoms with E-state index in [0.717, 1.165) is 12.1 Å². The van der Waals surface area contributed by atoms with Crippen molar-refractivity contribution < 1.29 is 32.0 Å². The molecule has 3 amide bonds. The van der Waals surface area contributed by atoms with Gasteiger partial charge in [-0.25, -0.2) is 0 Å². The van der Waals surface area contributed by atoms with Crippen molar-refractivity contribution in [3.63, 3.8) is 0 Å². The predicted molar refractivity (Wildman–Crippen MR) is 116 cm³/mol. The number of hydrogen-bond donors (Lipinski definition) is 1. The normalized spacial score (nSPS) is 14.0. The molecule has 0 unspecified atom stereocenters. The molecule has 1 aliphatic heterocycles. The van der Waals surface area contributed by atoms with Gasteiger partial charge in [0.15, 0.2) is 0 Å². The van der Waals surface area contributed by atoms with Gasteiger partial charge in [-0.15, -0.1) is 10.2 Å². The van der Waals surface area contributed by atoms with Crippen molar-refractivity contribution in [2.45, 2.75) is 6.18 Å². The van der Waals surface area contributed by atoms with Gasteiger partial charge in [-0.1, -0.05) is 30.3 Å². The Morgan fingerprint density at radius 3 is 2.20 bits per heavy atom. The van der Waals surface area contributed by atoms with Crippen LogP contribution in [-0.4, -0.2) is 70.4 Å². The maximum Gasteiger partial charge on any atom is 0.417 e. The van der Waals surface area contributed by atoms with Gasteiger partial charge in [-0.3, -0.25) is 14.4 Å². The number of nitrogens with zero attached hydrogens (tertiary/aromatic N) is 4. The van der Waals surface area contributed by atoms with Crippen LogP contribution in [0.5, 0.6) is 0 Å². The number of piperazine rings is 1. The lowest BCUT2D eigenvalue weighted by molar-refractivity contribution is -0.138. The van der Waals surface area contributed by atoms with Crippen molar-refractivity contribution in [1.82, 2.24) is 25.3 Å². The lowest BCUT2D eigenvalue weighted by Crippen LogP contribution is -2.52. The van der Waals surface area contributed by atoms with E-state index < -0.39 is 35.0 Å². The molecule has 1 N–H and O–H groups in total. The maximum absolute atomic E-state index is 13.2. The zero-order valence-electron chi connectivity index (χ0n) is 18.3. The van der Waals surface area contributed by atoms with Crippen molar-refractivity contribution in [3.8, 4) is 11.5 Å². The molecular formula is C23H20F3N5O4. The summed E-state index contributed by atoms with van der Waals surface area (Å²) < 4.78 is 45.0. The van der Waals surface area contributed by atoms with Crippen molar-refractivity contribution in [1.29, 1.82) is 0 Å². The molecule has 9 nitrogen and oxygen atoms in total. The Kier molecular flexibility index (Phi) is 6.80. The van der Waals surface area contributed by atoms with Gasteiger partial charge in [0.2, 0.25) is 11.8 Å². The van der Waals surface area contributed by atoms with Gasteiger partial charge in [-0.05, 0) is 24.3 Å². The van der Waals surface area contributed by atoms with Gasteiger partial charge in [0.25, 0.3) is 5.91 Å². The summed E-state index contributed by atoms with van der Waals surface area (Å²) in [4.78, 5) is 40.1. The highest BCUT2D eigenvalue weighted by molar-refractivity contribution is 5.96. The van der Waals surface area contributed by atoms with E-state index in [1.165, 1.54) is 21.9 Å². The van der Waals surface area contributed by atoms with Crippen molar-refractivity contribution >= 4 is 17.7 Å². The zero-order chi connectivity index (χ0) is 25.0. The fraction of sp³-hybridized carbons (Fsp3) is 0.261. The molecule has 3 aromatic rings. The summed E-state index contributed by atoms with van der Waals surface area (Å²) in [5.74, 6) is -2.01. The molecule has 4 rings (SSSR count). The highest BCUT2D eigenvalue weighted by atomic mass is 19.4. The Morgan fingerprint density at radius 1 is 0.886 bits per heavy atom. The van der Waals surface area contributed by atoms with Gasteiger partial charge >= 0.3 is 18.0 Å². The molecule has 1 aliphatic rings. The number of aromatic nitrogens is 2. The summed E-state index contributed by atoms with van der Waals surface area (Å²) in [5, 5.41) is 9.92. The summed E-state index contributed by atoms with van der Waals surface area (Å²) >= 11 is 0. The van der Waals surface area contributed by atoms with E-state index in [0.29, 0.717) is 5.56 Å². The minimum atomic E-state index is -4.65. The van der Waals surface area contributed by atoms with Crippen LogP contribution in [0, 0.1) is 0 Å². The van der Waals surface area contributed by atoms with Gasteiger partial charge in [0.05, 0.1) is 17.7 Å². The van der Waals surface area contributed by atoms with E-state index in [-0.39, 0.29) is 44.5 Å². The van der Waals surface area contributed by atoms with E-state index in [4.69, 9.17) is 4.42 Å². The Hall–Kier alpha value is -4.22. The first-order valence-electron chi connectivity index (χ1n) is 10.6. The minimum Gasteiger partial charge on any atom is -0.412 e. The number of carbonyl (C=O) groups excluding carboxylic acids is 3. The number of alkyl halides is 3. The summed E-state index contributed by atoms with van der Waals surface area (Å²) in [6, 6.07) is 13.5. The second-order valence-electron chi connectivity index (χ2n) is 7.68. The first-order chi connectivity index (χ1) is 16.7. The summed E-state index contributed by atoms with van der Waals surface area (Å²) in [6.45, 7) is 0.0248. The average molecular weight is 487 g/mol. The first-order valence-corrected chi connectivity index (χ1v) is 10.6. The van der Waals surface area contributed by atoms with Crippen LogP contribution in [-0.2, 0) is 11.0 Å². The third kappa shape index (κ3) is 5.48. The molecule has 182 valence electrons. The predicted octanol–water partition coefficient (Wildman–Crippen LogP) is 2.47. The number of nitrogens with one attached hydrogen (secondary N) is 1. The third-order valence-electron chi connectivity index (χ3n) is 5.42. The highest BCUT2D eigenvalue weighted by Gasteiger charge is 2.36. The maximum atomic E-state index is 13.2. The standard InChI is InChI=1S/C23H20F3N5O4/c24-23(25,26)17-9-5-4-8-16(17)22(34)31-12-10-30(11-13-31)18(32)14-27-19(33)21-29-28-20(35-21)15-6-2-1-3-7-15/h1-9H,10-14H2,(H,27,33). The van der Waals surface area contributed by atoms with Gasteiger partial charge < -0.3 is 19.5 Å². The molecule has 2 heterocycles. The fourth-order valence-corrected chi connectivity index (χ4v) is 3.60. The summed E-state index contributed by atoms with van der Waals surface area (Å²) in [7, 11) is 0. The lowest BCUT2D eigenvalue weighted by atomic mass is 10.1. The largest absolute Gasteiger partial charge is 0.417 e. The molecule has 1 aromatic heterocycles. The van der Waals surface area contributed by atoms with E-state index in [1.54, 1.807) is 24.3 Å². The Labute approximate surface area is 197 Å². The third-order valence-corrected chi connectivity index (χ3v) is 5.42. The quantitative estimate of drug-likeness (QED) is 0.593. The van der Waals surface area contributed by atoms with Crippen LogP contribution in [0.25, 0.3) is 11.5 Å². The number of rotatable bonds is 5. The zero-order valence-corrected chi connectivity index (χ0v) is 18.3. The van der Waals surface area contributed by atoms with Crippen LogP contribution < -0.4 is 5.32 Å². The number of halogens is 3. The lowest BCUT2D eigenvalue weighted by Gasteiger charge is -2.35. The van der Waals surface area contributed by atoms with E-state index in [2.05, 4.69) is 15.5 Å². The van der Waals surface area contributed by atoms with Crippen LogP contribution in [0.1, 0.15) is 26.6 Å². The van der Waals surface area contributed by atoms with Crippen molar-refractivity contribution in [2.24, 2.45) is 0 Å². The second-order valence-corrected chi connectivity index (χ2v) is 7.68. The molecule has 0 spiro atoms. The summed E-state index contributed by atoms with van der Waals surface area (Å²) in [6.07, 6.45) is -4.65. The molecule has 0 bridgehead atoms. The minimum absolute atomic E-state index is 0.0643. The van der Waals surface area contributed by atoms with E-state index in [9.17, 15) is 27.6 Å². The SMILES string of the molecule is O=C(NCC(=O)N1CCN(C(=O)c2ccccc2C(F)(F)F)CC1)c1nnc(-c2ccccc2)o1. The Bertz CT molecular complexity index is 1220. The molecular weight excluding hydrogens is 467 g/mol. The van der Waals surface area contributed by atoms with Gasteiger partial charge in [0.1, 0.15) is 0 Å². The molecule has 0 aliphatic carbocycles. The molecule has 2 aromatic carbocycles. The number of hydrogen-bond acceptors (Lipinski definition) is 6. The van der Waals surface area contributed by atoms with E-state index >= 15 is 0 Å². The van der Waals surface area contributed by atoms with Crippen LogP contribution in [0.3, 0.4) is 0 Å². The molecule has 0 atom stereocenters. The van der Waals surface area contributed by atoms with Crippen LogP contribution >= 0.6 is 0 Å². The molecule has 0 saturated carbocycles.